The first-order valence-corrected chi connectivity index (χ1v) is 12.9. The van der Waals surface area contributed by atoms with Crippen molar-refractivity contribution in [1.82, 2.24) is 0 Å². The molecule has 1 aromatic heterocycles. The third-order valence-electron chi connectivity index (χ3n) is 5.76. The summed E-state index contributed by atoms with van der Waals surface area (Å²) in [7, 11) is 2.42. The van der Waals surface area contributed by atoms with Crippen LogP contribution in [-0.4, -0.2) is 22.2 Å². The fourth-order valence-corrected chi connectivity index (χ4v) is 8.55. The van der Waals surface area contributed by atoms with Gasteiger partial charge in [0.05, 0.1) is 0 Å². The zero-order chi connectivity index (χ0) is 18.6. The number of rotatable bonds is 2. The summed E-state index contributed by atoms with van der Waals surface area (Å²) in [6.07, 6.45) is 0. The molecule has 0 amide bonds. The van der Waals surface area contributed by atoms with Crippen molar-refractivity contribution in [2.75, 3.05) is 24.7 Å². The van der Waals surface area contributed by atoms with Gasteiger partial charge >= 0.3 is 0 Å². The molecule has 0 bridgehead atoms. The number of anilines is 2. The number of hydrogen-bond acceptors (Lipinski definition) is 3. The first-order chi connectivity index (χ1) is 12.3. The summed E-state index contributed by atoms with van der Waals surface area (Å²) in [5, 5.41) is 5.24. The van der Waals surface area contributed by atoms with Gasteiger partial charge in [0.25, 0.3) is 0 Å². The first-order valence-electron chi connectivity index (χ1n) is 9.06. The van der Waals surface area contributed by atoms with Crippen LogP contribution in [0.4, 0.5) is 11.4 Å². The van der Waals surface area contributed by atoms with Crippen LogP contribution in [0.1, 0.15) is 27.5 Å². The highest BCUT2D eigenvalue weighted by Gasteiger charge is 2.40. The number of hydrogen-bond donors (Lipinski definition) is 1. The van der Waals surface area contributed by atoms with Crippen molar-refractivity contribution in [3.05, 3.63) is 69.4 Å². The van der Waals surface area contributed by atoms with E-state index in [1.54, 1.807) is 5.19 Å². The molecule has 0 fully saturated rings. The second kappa shape index (κ2) is 6.00. The largest absolute Gasteiger partial charge is 0.399 e. The fraction of sp³-hybridized carbons (Fsp3) is 0.273. The number of aryl methyl sites for hydroxylation is 1. The Balaban J connectivity index is 2.05. The molecule has 0 radical (unpaired) electrons. The van der Waals surface area contributed by atoms with Gasteiger partial charge in [-0.15, -0.1) is 11.3 Å². The van der Waals surface area contributed by atoms with Crippen LogP contribution in [0.3, 0.4) is 0 Å². The van der Waals surface area contributed by atoms with E-state index in [4.69, 9.17) is 5.73 Å². The Kier molecular flexibility index (Phi) is 4.01. The second-order valence-corrected chi connectivity index (χ2v) is 13.3. The summed E-state index contributed by atoms with van der Waals surface area (Å²) >= 11 is 1.87. The van der Waals surface area contributed by atoms with E-state index in [0.717, 1.165) is 5.69 Å². The summed E-state index contributed by atoms with van der Waals surface area (Å²) < 4.78 is 0. The van der Waals surface area contributed by atoms with Crippen molar-refractivity contribution >= 4 is 41.2 Å². The minimum absolute atomic E-state index is 0.317. The second-order valence-electron chi connectivity index (χ2n) is 8.04. The van der Waals surface area contributed by atoms with E-state index in [1.807, 2.05) is 11.3 Å². The van der Waals surface area contributed by atoms with Crippen molar-refractivity contribution in [2.24, 2.45) is 0 Å². The van der Waals surface area contributed by atoms with Gasteiger partial charge in [-0.25, -0.2) is 0 Å². The predicted molar refractivity (Wildman–Crippen MR) is 118 cm³/mol. The average Bonchev–Trinajstić information content (AvgIpc) is 3.01. The molecule has 2 aromatic carbocycles. The number of benzene rings is 2. The van der Waals surface area contributed by atoms with Gasteiger partial charge in [0.15, 0.2) is 0 Å². The molecule has 26 heavy (non-hydrogen) atoms. The highest BCUT2D eigenvalue weighted by molar-refractivity contribution is 7.10. The highest BCUT2D eigenvalue weighted by Crippen LogP contribution is 2.40. The van der Waals surface area contributed by atoms with Crippen molar-refractivity contribution < 1.29 is 0 Å². The average molecular weight is 379 g/mol. The topological polar surface area (TPSA) is 29.3 Å². The Hall–Kier alpha value is -2.04. The quantitative estimate of drug-likeness (QED) is 0.539. The number of nitrogens with two attached hydrogens (primary N) is 1. The molecule has 1 unspecified atom stereocenters. The maximum Gasteiger partial charge on any atom is 0.113 e. The third kappa shape index (κ3) is 2.51. The molecule has 1 aliphatic rings. The molecule has 0 saturated heterocycles. The smallest absolute Gasteiger partial charge is 0.113 e. The van der Waals surface area contributed by atoms with Crippen molar-refractivity contribution in [1.29, 1.82) is 0 Å². The maximum atomic E-state index is 6.21. The lowest BCUT2D eigenvalue weighted by atomic mass is 9.87. The molecule has 1 atom stereocenters. The van der Waals surface area contributed by atoms with Gasteiger partial charge < -0.3 is 10.6 Å². The van der Waals surface area contributed by atoms with Gasteiger partial charge in [0.1, 0.15) is 8.07 Å². The molecule has 1 aliphatic heterocycles. The molecule has 4 rings (SSSR count). The maximum absolute atomic E-state index is 6.21. The van der Waals surface area contributed by atoms with E-state index >= 15 is 0 Å². The lowest BCUT2D eigenvalue weighted by Gasteiger charge is -2.39. The molecule has 2 N–H and O–H groups in total. The Labute approximate surface area is 161 Å². The van der Waals surface area contributed by atoms with Gasteiger partial charge in [0, 0.05) is 36.3 Å². The number of nitrogens with zero attached hydrogens (tertiary/aromatic N) is 1. The molecule has 2 heterocycles. The molecule has 4 heteroatoms. The van der Waals surface area contributed by atoms with E-state index < -0.39 is 8.07 Å². The number of fused-ring (bicyclic) bond motifs is 2. The summed E-state index contributed by atoms with van der Waals surface area (Å²) in [4.78, 5) is 3.66. The molecule has 0 aliphatic carbocycles. The van der Waals surface area contributed by atoms with Crippen LogP contribution in [0.15, 0.2) is 47.8 Å². The molecular formula is C22H26N2SSi. The minimum Gasteiger partial charge on any atom is -0.399 e. The molecule has 134 valence electrons. The Bertz CT molecular complexity index is 988. The Morgan fingerprint density at radius 2 is 1.62 bits per heavy atom. The summed E-state index contributed by atoms with van der Waals surface area (Å²) in [5.41, 5.74) is 12.7. The van der Waals surface area contributed by atoms with Crippen molar-refractivity contribution in [3.63, 3.8) is 0 Å². The van der Waals surface area contributed by atoms with Crippen LogP contribution in [0.25, 0.3) is 0 Å². The van der Waals surface area contributed by atoms with E-state index in [9.17, 15) is 0 Å². The number of nitrogen functional groups attached to an aromatic ring is 1. The number of thiophene rings is 1. The monoisotopic (exact) mass is 378 g/mol. The van der Waals surface area contributed by atoms with E-state index in [0.29, 0.717) is 5.92 Å². The van der Waals surface area contributed by atoms with Crippen LogP contribution in [-0.2, 0) is 0 Å². The predicted octanol–water partition coefficient (Wildman–Crippen LogP) is 4.02. The van der Waals surface area contributed by atoms with Crippen LogP contribution >= 0.6 is 11.3 Å². The van der Waals surface area contributed by atoms with E-state index in [-0.39, 0.29) is 0 Å². The summed E-state index contributed by atoms with van der Waals surface area (Å²) in [6.45, 7) is 7.15. The summed E-state index contributed by atoms with van der Waals surface area (Å²) in [5.74, 6) is 0.317. The van der Waals surface area contributed by atoms with Crippen molar-refractivity contribution in [3.8, 4) is 0 Å². The van der Waals surface area contributed by atoms with Gasteiger partial charge in [-0.3, -0.25) is 0 Å². The third-order valence-corrected chi connectivity index (χ3v) is 10.4. The van der Waals surface area contributed by atoms with Gasteiger partial charge in [-0.2, -0.15) is 0 Å². The van der Waals surface area contributed by atoms with Gasteiger partial charge in [-0.1, -0.05) is 25.2 Å². The molecule has 0 saturated carbocycles. The van der Waals surface area contributed by atoms with Crippen molar-refractivity contribution in [2.45, 2.75) is 25.9 Å². The molecule has 3 aromatic rings. The lowest BCUT2D eigenvalue weighted by Crippen LogP contribution is -2.59. The molecular weight excluding hydrogens is 352 g/mol. The first kappa shape index (κ1) is 17.4. The van der Waals surface area contributed by atoms with Gasteiger partial charge in [0.2, 0.25) is 0 Å². The van der Waals surface area contributed by atoms with E-state index in [1.165, 1.54) is 32.4 Å². The SMILES string of the molecule is Cc1ccsc1C1c2ccc(N)cc2[Si](C)(C)c2cc(N(C)C)ccc21. The Morgan fingerprint density at radius 3 is 2.23 bits per heavy atom. The zero-order valence-electron chi connectivity index (χ0n) is 16.1. The Morgan fingerprint density at radius 1 is 0.962 bits per heavy atom. The zero-order valence-corrected chi connectivity index (χ0v) is 17.9. The summed E-state index contributed by atoms with van der Waals surface area (Å²) in [6, 6.07) is 15.9. The molecule has 0 spiro atoms. The normalized spacial score (nSPS) is 17.5. The standard InChI is InChI=1S/C22H26N2SSi/c1-14-10-11-25-22(14)21-17-8-6-15(23)12-19(17)26(4,5)20-13-16(24(2)3)7-9-18(20)21/h6-13,21H,23H2,1-5H3. The van der Waals surface area contributed by atoms with Crippen LogP contribution in [0.2, 0.25) is 13.1 Å². The van der Waals surface area contributed by atoms with Gasteiger partial charge in [-0.05, 0) is 69.7 Å². The molecule has 2 nitrogen and oxygen atoms in total. The minimum atomic E-state index is -1.81. The highest BCUT2D eigenvalue weighted by atomic mass is 32.1. The lowest BCUT2D eigenvalue weighted by molar-refractivity contribution is 0.996. The fourth-order valence-electron chi connectivity index (χ4n) is 4.26. The van der Waals surface area contributed by atoms with Crippen LogP contribution in [0, 0.1) is 6.92 Å². The van der Waals surface area contributed by atoms with Crippen LogP contribution < -0.4 is 21.0 Å². The van der Waals surface area contributed by atoms with Crippen LogP contribution in [0.5, 0.6) is 0 Å². The van der Waals surface area contributed by atoms with E-state index in [2.05, 4.69) is 86.9 Å².